The number of aromatic nitrogens is 1. The van der Waals surface area contributed by atoms with Gasteiger partial charge in [0.25, 0.3) is 0 Å². The third-order valence-corrected chi connectivity index (χ3v) is 6.54. The number of anilines is 1. The highest BCUT2D eigenvalue weighted by Crippen LogP contribution is 2.18. The van der Waals surface area contributed by atoms with Crippen molar-refractivity contribution in [2.75, 3.05) is 56.5 Å². The number of aliphatic hydroxyl groups is 1. The monoisotopic (exact) mass is 435 g/mol. The summed E-state index contributed by atoms with van der Waals surface area (Å²) in [5.74, 6) is 1.52. The topological polar surface area (TPSA) is 104 Å². The number of ether oxygens (including phenoxy) is 1. The maximum absolute atomic E-state index is 11.7. The molecule has 0 saturated carbocycles. The van der Waals surface area contributed by atoms with Gasteiger partial charge in [-0.25, -0.2) is 9.78 Å². The number of piperazine rings is 1. The first-order valence-corrected chi connectivity index (χ1v) is 11.8. The maximum atomic E-state index is 11.7. The van der Waals surface area contributed by atoms with Gasteiger partial charge in [-0.1, -0.05) is 6.42 Å². The summed E-state index contributed by atoms with van der Waals surface area (Å²) in [5, 5.41) is 11.1. The zero-order valence-corrected chi connectivity index (χ0v) is 18.5. The second-order valence-electron chi connectivity index (χ2n) is 7.63. The van der Waals surface area contributed by atoms with Crippen LogP contribution in [0.4, 0.5) is 5.82 Å². The summed E-state index contributed by atoms with van der Waals surface area (Å²) in [7, 11) is 0. The molecule has 2 atom stereocenters. The zero-order valence-electron chi connectivity index (χ0n) is 17.7. The van der Waals surface area contributed by atoms with E-state index in [1.54, 1.807) is 30.9 Å². The lowest BCUT2D eigenvalue weighted by Crippen LogP contribution is -2.47. The van der Waals surface area contributed by atoms with E-state index in [1.807, 2.05) is 6.07 Å². The molecule has 1 fully saturated rings. The minimum absolute atomic E-state index is 0.227. The predicted octanol–water partition coefficient (Wildman–Crippen LogP) is 1.38. The lowest BCUT2D eigenvalue weighted by atomic mass is 10.1. The van der Waals surface area contributed by atoms with Crippen LogP contribution >= 0.6 is 11.8 Å². The third kappa shape index (κ3) is 6.41. The third-order valence-electron chi connectivity index (χ3n) is 5.48. The first-order chi connectivity index (χ1) is 14.6. The number of rotatable bonds is 10. The van der Waals surface area contributed by atoms with Crippen LogP contribution in [0.25, 0.3) is 0 Å². The van der Waals surface area contributed by atoms with Crippen LogP contribution in [0.15, 0.2) is 23.3 Å². The summed E-state index contributed by atoms with van der Waals surface area (Å²) in [6.45, 7) is 7.81. The summed E-state index contributed by atoms with van der Waals surface area (Å²) < 4.78 is 5.00. The molecule has 1 saturated heterocycles. The smallest absolute Gasteiger partial charge is 0.339 e. The highest BCUT2D eigenvalue weighted by Gasteiger charge is 2.23. The second kappa shape index (κ2) is 11.6. The molecule has 9 heteroatoms. The normalized spacial score (nSPS) is 19.4. The molecule has 0 bridgehead atoms. The summed E-state index contributed by atoms with van der Waals surface area (Å²) in [4.78, 5) is 25.2. The number of aliphatic hydroxyl groups excluding tert-OH is 1. The summed E-state index contributed by atoms with van der Waals surface area (Å²) in [6.07, 6.45) is 3.88. The fourth-order valence-corrected chi connectivity index (χ4v) is 4.62. The number of nitrogens with zero attached hydrogens (tertiary/aromatic N) is 4. The van der Waals surface area contributed by atoms with E-state index in [1.165, 1.54) is 0 Å². The fourth-order valence-electron chi connectivity index (χ4n) is 3.70. The molecule has 3 rings (SSSR count). The Bertz CT molecular complexity index is 707. The van der Waals surface area contributed by atoms with E-state index >= 15 is 0 Å². The Balaban J connectivity index is 1.33. The molecular formula is C21H33N5O3S. The Morgan fingerprint density at radius 3 is 2.73 bits per heavy atom. The fraction of sp³-hybridized carbons (Fsp3) is 0.667. The minimum atomic E-state index is -0.608. The summed E-state index contributed by atoms with van der Waals surface area (Å²) >= 11 is 1.62. The number of pyridine rings is 1. The highest BCUT2D eigenvalue weighted by molar-refractivity contribution is 8.14. The molecule has 1 aromatic heterocycles. The highest BCUT2D eigenvalue weighted by atomic mass is 32.2. The first kappa shape index (κ1) is 23.0. The number of thioether (sulfide) groups is 1. The standard InChI is InChI=1S/C21H33N5O3S/c1-2-29-21(28)16-6-7-18(24-15-16)26-12-10-25(11-13-26)9-4-3-5-17(22)19(27)20-23-8-14-30-20/h6-7,15,17,19,27H,2-5,8-14,22H2,1H3. The Labute approximate surface area is 182 Å². The molecule has 8 nitrogen and oxygen atoms in total. The van der Waals surface area contributed by atoms with Crippen LogP contribution in [-0.2, 0) is 4.74 Å². The van der Waals surface area contributed by atoms with Gasteiger partial charge in [0.15, 0.2) is 0 Å². The van der Waals surface area contributed by atoms with Crippen molar-refractivity contribution in [3.63, 3.8) is 0 Å². The van der Waals surface area contributed by atoms with E-state index in [2.05, 4.69) is 19.8 Å². The molecule has 0 spiro atoms. The number of aliphatic imine (C=N–C) groups is 1. The van der Waals surface area contributed by atoms with Gasteiger partial charge >= 0.3 is 5.97 Å². The molecule has 2 unspecified atom stereocenters. The van der Waals surface area contributed by atoms with Gasteiger partial charge in [0.1, 0.15) is 11.9 Å². The molecule has 1 aromatic rings. The van der Waals surface area contributed by atoms with Crippen LogP contribution in [0, 0.1) is 0 Å². The number of carbonyl (C=O) groups excluding carboxylic acids is 1. The van der Waals surface area contributed by atoms with E-state index in [0.717, 1.165) is 75.1 Å². The molecule has 3 heterocycles. The maximum Gasteiger partial charge on any atom is 0.339 e. The van der Waals surface area contributed by atoms with Crippen LogP contribution in [-0.4, -0.2) is 89.8 Å². The average Bonchev–Trinajstić information content (AvgIpc) is 3.32. The molecular weight excluding hydrogens is 402 g/mol. The molecule has 0 aromatic carbocycles. The van der Waals surface area contributed by atoms with Crippen LogP contribution in [0.3, 0.4) is 0 Å². The predicted molar refractivity (Wildman–Crippen MR) is 121 cm³/mol. The Hall–Kier alpha value is -1.68. The number of hydrogen-bond donors (Lipinski definition) is 2. The van der Waals surface area contributed by atoms with Crippen LogP contribution in [0.2, 0.25) is 0 Å². The van der Waals surface area contributed by atoms with E-state index < -0.39 is 6.10 Å². The lowest BCUT2D eigenvalue weighted by molar-refractivity contribution is 0.0526. The Morgan fingerprint density at radius 2 is 2.10 bits per heavy atom. The van der Waals surface area contributed by atoms with Gasteiger partial charge in [0, 0.05) is 50.7 Å². The number of nitrogens with two attached hydrogens (primary N) is 1. The zero-order chi connectivity index (χ0) is 21.3. The number of esters is 1. The quantitative estimate of drug-likeness (QED) is 0.420. The van der Waals surface area contributed by atoms with Crippen molar-refractivity contribution in [2.24, 2.45) is 10.7 Å². The van der Waals surface area contributed by atoms with Crippen molar-refractivity contribution in [3.8, 4) is 0 Å². The number of hydrogen-bond acceptors (Lipinski definition) is 9. The van der Waals surface area contributed by atoms with E-state index in [4.69, 9.17) is 10.5 Å². The van der Waals surface area contributed by atoms with Crippen LogP contribution in [0.1, 0.15) is 36.5 Å². The molecule has 2 aliphatic rings. The molecule has 0 radical (unpaired) electrons. The van der Waals surface area contributed by atoms with E-state index in [0.29, 0.717) is 12.2 Å². The lowest BCUT2D eigenvalue weighted by Gasteiger charge is -2.35. The first-order valence-electron chi connectivity index (χ1n) is 10.8. The molecule has 3 N–H and O–H groups in total. The van der Waals surface area contributed by atoms with Crippen LogP contribution in [0.5, 0.6) is 0 Å². The van der Waals surface area contributed by atoms with Crippen molar-refractivity contribution in [3.05, 3.63) is 23.9 Å². The van der Waals surface area contributed by atoms with Gasteiger partial charge in [0.2, 0.25) is 0 Å². The molecule has 0 aliphatic carbocycles. The van der Waals surface area contributed by atoms with Crippen molar-refractivity contribution in [1.29, 1.82) is 0 Å². The van der Waals surface area contributed by atoms with Gasteiger partial charge in [-0.3, -0.25) is 9.89 Å². The molecule has 2 aliphatic heterocycles. The van der Waals surface area contributed by atoms with Crippen molar-refractivity contribution in [2.45, 2.75) is 38.3 Å². The average molecular weight is 436 g/mol. The Kier molecular flexibility index (Phi) is 8.92. The molecule has 0 amide bonds. The summed E-state index contributed by atoms with van der Waals surface area (Å²) in [5.41, 5.74) is 6.63. The number of unbranched alkanes of at least 4 members (excludes halogenated alkanes) is 1. The van der Waals surface area contributed by atoms with Gasteiger partial charge in [-0.2, -0.15) is 0 Å². The summed E-state index contributed by atoms with van der Waals surface area (Å²) in [6, 6.07) is 3.44. The second-order valence-corrected chi connectivity index (χ2v) is 8.74. The van der Waals surface area contributed by atoms with Gasteiger partial charge in [0.05, 0.1) is 17.2 Å². The van der Waals surface area contributed by atoms with Gasteiger partial charge in [-0.15, -0.1) is 11.8 Å². The van der Waals surface area contributed by atoms with E-state index in [9.17, 15) is 9.90 Å². The minimum Gasteiger partial charge on any atom is -0.462 e. The van der Waals surface area contributed by atoms with Gasteiger partial charge in [-0.05, 0) is 38.4 Å². The van der Waals surface area contributed by atoms with Crippen molar-refractivity contribution in [1.82, 2.24) is 9.88 Å². The van der Waals surface area contributed by atoms with Crippen molar-refractivity contribution >= 4 is 28.6 Å². The number of carbonyl (C=O) groups is 1. The largest absolute Gasteiger partial charge is 0.462 e. The van der Waals surface area contributed by atoms with Gasteiger partial charge < -0.3 is 20.5 Å². The Morgan fingerprint density at radius 1 is 1.30 bits per heavy atom. The SMILES string of the molecule is CCOC(=O)c1ccc(N2CCN(CCCCC(N)C(O)C3=NCCS3)CC2)nc1. The molecule has 30 heavy (non-hydrogen) atoms. The molecule has 166 valence electrons. The van der Waals surface area contributed by atoms with Crippen LogP contribution < -0.4 is 10.6 Å². The van der Waals surface area contributed by atoms with E-state index in [-0.39, 0.29) is 12.0 Å². The van der Waals surface area contributed by atoms with Crippen molar-refractivity contribution < 1.29 is 14.6 Å².